The van der Waals surface area contributed by atoms with Crippen molar-refractivity contribution in [3.8, 4) is 0 Å². The molecule has 2 heterocycles. The van der Waals surface area contributed by atoms with Crippen molar-refractivity contribution in [3.05, 3.63) is 29.7 Å². The van der Waals surface area contributed by atoms with E-state index in [1.165, 1.54) is 0 Å². The molecule has 2 aromatic rings. The number of nitrogens with zero attached hydrogens (tertiary/aromatic N) is 3. The molecule has 1 amide bonds. The highest BCUT2D eigenvalue weighted by atomic mass is 19.3. The van der Waals surface area contributed by atoms with Crippen LogP contribution in [0.1, 0.15) is 61.9 Å². The summed E-state index contributed by atoms with van der Waals surface area (Å²) in [6, 6.07) is 1.11. The predicted molar refractivity (Wildman–Crippen MR) is 93.4 cm³/mol. The molecule has 0 spiro atoms. The number of fused-ring (bicyclic) bond motifs is 1. The number of alkyl halides is 2. The number of amides is 1. The van der Waals surface area contributed by atoms with E-state index in [1.54, 1.807) is 16.9 Å². The van der Waals surface area contributed by atoms with Crippen molar-refractivity contribution >= 4 is 11.7 Å². The van der Waals surface area contributed by atoms with Crippen molar-refractivity contribution in [2.45, 2.75) is 56.5 Å². The Morgan fingerprint density at radius 1 is 1.30 bits per heavy atom. The van der Waals surface area contributed by atoms with E-state index in [0.29, 0.717) is 24.2 Å². The molecule has 2 aliphatic carbocycles. The largest absolute Gasteiger partial charge is 0.465 e. The molecule has 0 saturated heterocycles. The second-order valence-corrected chi connectivity index (χ2v) is 7.74. The molecule has 2 aliphatic rings. The van der Waals surface area contributed by atoms with Gasteiger partial charge in [0.2, 0.25) is 5.92 Å². The first-order valence-corrected chi connectivity index (χ1v) is 9.30. The number of carbonyl (C=O) groups is 1. The Bertz CT molecular complexity index is 841. The molecule has 0 bridgehead atoms. The lowest BCUT2D eigenvalue weighted by molar-refractivity contribution is -0.0484. The van der Waals surface area contributed by atoms with Crippen LogP contribution in [0.15, 0.2) is 18.5 Å². The van der Waals surface area contributed by atoms with Crippen molar-refractivity contribution < 1.29 is 18.7 Å². The summed E-state index contributed by atoms with van der Waals surface area (Å²) in [7, 11) is 0. The Balaban J connectivity index is 1.54. The zero-order valence-corrected chi connectivity index (χ0v) is 14.8. The normalized spacial score (nSPS) is 22.5. The minimum atomic E-state index is -2.58. The van der Waals surface area contributed by atoms with Crippen LogP contribution in [0.2, 0.25) is 0 Å². The summed E-state index contributed by atoms with van der Waals surface area (Å²) in [6.07, 6.45) is 4.76. The third-order valence-electron chi connectivity index (χ3n) is 5.70. The minimum absolute atomic E-state index is 0.0260. The summed E-state index contributed by atoms with van der Waals surface area (Å²) in [6.45, 7) is 0. The smallest absolute Gasteiger partial charge is 0.405 e. The molecule has 4 rings (SSSR count). The van der Waals surface area contributed by atoms with Crippen LogP contribution in [0, 0.1) is 11.8 Å². The molecule has 7 nitrogen and oxygen atoms in total. The van der Waals surface area contributed by atoms with Gasteiger partial charge in [-0.05, 0) is 49.1 Å². The standard InChI is InChI=1S/C18H23F2N5O2/c19-18(20)5-3-10(4-6-18)15(21)13-9-25-14(23-13)7-12(8-22-25)16(11-1-2-11)24-17(26)27/h7-11,15-16,24H,1-6,21H2,(H,26,27)/t15?,16-/m1/s1. The van der Waals surface area contributed by atoms with E-state index >= 15 is 0 Å². The third-order valence-corrected chi connectivity index (χ3v) is 5.70. The van der Waals surface area contributed by atoms with Crippen LogP contribution in [0.25, 0.3) is 5.65 Å². The maximum absolute atomic E-state index is 13.4. The number of rotatable bonds is 5. The van der Waals surface area contributed by atoms with Gasteiger partial charge in [-0.3, -0.25) is 0 Å². The molecular formula is C18H23F2N5O2. The van der Waals surface area contributed by atoms with E-state index in [1.807, 2.05) is 6.07 Å². The Labute approximate surface area is 155 Å². The van der Waals surface area contributed by atoms with E-state index in [2.05, 4.69) is 15.4 Å². The molecule has 0 radical (unpaired) electrons. The molecule has 2 fully saturated rings. The van der Waals surface area contributed by atoms with Crippen LogP contribution in [-0.4, -0.2) is 31.7 Å². The van der Waals surface area contributed by atoms with Gasteiger partial charge in [0.05, 0.1) is 30.2 Å². The second-order valence-electron chi connectivity index (χ2n) is 7.74. The van der Waals surface area contributed by atoms with Crippen LogP contribution >= 0.6 is 0 Å². The van der Waals surface area contributed by atoms with Crippen LogP contribution in [0.4, 0.5) is 13.6 Å². The fourth-order valence-corrected chi connectivity index (χ4v) is 3.94. The van der Waals surface area contributed by atoms with Crippen LogP contribution in [0.3, 0.4) is 0 Å². The lowest BCUT2D eigenvalue weighted by Crippen LogP contribution is -2.31. The second kappa shape index (κ2) is 6.70. The van der Waals surface area contributed by atoms with Gasteiger partial charge in [0.15, 0.2) is 5.65 Å². The van der Waals surface area contributed by atoms with E-state index in [-0.39, 0.29) is 30.7 Å². The quantitative estimate of drug-likeness (QED) is 0.739. The van der Waals surface area contributed by atoms with Crippen molar-refractivity contribution in [3.63, 3.8) is 0 Å². The fraction of sp³-hybridized carbons (Fsp3) is 0.611. The molecule has 4 N–H and O–H groups in total. The zero-order chi connectivity index (χ0) is 19.2. The number of nitrogens with one attached hydrogen (secondary N) is 1. The van der Waals surface area contributed by atoms with Crippen LogP contribution in [0.5, 0.6) is 0 Å². The van der Waals surface area contributed by atoms with Crippen molar-refractivity contribution in [2.75, 3.05) is 0 Å². The maximum atomic E-state index is 13.4. The first kappa shape index (κ1) is 18.1. The lowest BCUT2D eigenvalue weighted by Gasteiger charge is -2.31. The van der Waals surface area contributed by atoms with Crippen molar-refractivity contribution in [1.29, 1.82) is 0 Å². The zero-order valence-electron chi connectivity index (χ0n) is 14.8. The molecule has 1 unspecified atom stereocenters. The van der Waals surface area contributed by atoms with Crippen molar-refractivity contribution in [2.24, 2.45) is 17.6 Å². The molecule has 146 valence electrons. The van der Waals surface area contributed by atoms with E-state index in [9.17, 15) is 13.6 Å². The molecule has 27 heavy (non-hydrogen) atoms. The lowest BCUT2D eigenvalue weighted by atomic mass is 9.81. The van der Waals surface area contributed by atoms with Gasteiger partial charge >= 0.3 is 6.09 Å². The first-order chi connectivity index (χ1) is 12.8. The number of halogens is 2. The summed E-state index contributed by atoms with van der Waals surface area (Å²) in [5.41, 5.74) is 8.29. The Hall–Kier alpha value is -2.29. The topological polar surface area (TPSA) is 106 Å². The SMILES string of the molecule is NC(c1cn2ncc([C@H](NC(=O)O)C3CC3)cc2n1)C1CCC(F)(F)CC1. The van der Waals surface area contributed by atoms with Crippen molar-refractivity contribution in [1.82, 2.24) is 19.9 Å². The Kier molecular flexibility index (Phi) is 4.49. The number of imidazole rings is 1. The van der Waals surface area contributed by atoms with E-state index in [0.717, 1.165) is 18.4 Å². The molecule has 2 saturated carbocycles. The molecule has 9 heteroatoms. The van der Waals surface area contributed by atoms with Gasteiger partial charge in [-0.15, -0.1) is 0 Å². The fourth-order valence-electron chi connectivity index (χ4n) is 3.94. The van der Waals surface area contributed by atoms with Gasteiger partial charge in [-0.1, -0.05) is 0 Å². The van der Waals surface area contributed by atoms with Crippen LogP contribution in [-0.2, 0) is 0 Å². The summed E-state index contributed by atoms with van der Waals surface area (Å²) in [4.78, 5) is 15.6. The third kappa shape index (κ3) is 3.87. The molecular weight excluding hydrogens is 356 g/mol. The summed E-state index contributed by atoms with van der Waals surface area (Å²) < 4.78 is 28.3. The summed E-state index contributed by atoms with van der Waals surface area (Å²) in [5, 5.41) is 16.0. The number of hydrogen-bond donors (Lipinski definition) is 3. The van der Waals surface area contributed by atoms with Gasteiger partial charge in [0.1, 0.15) is 0 Å². The van der Waals surface area contributed by atoms with Gasteiger partial charge in [-0.25, -0.2) is 23.1 Å². The Morgan fingerprint density at radius 2 is 2.00 bits per heavy atom. The number of nitrogens with two attached hydrogens (primary N) is 1. The monoisotopic (exact) mass is 379 g/mol. The first-order valence-electron chi connectivity index (χ1n) is 9.30. The average molecular weight is 379 g/mol. The number of aromatic nitrogens is 3. The number of carboxylic acid groups (broad SMARTS) is 1. The van der Waals surface area contributed by atoms with Gasteiger partial charge in [0, 0.05) is 12.8 Å². The van der Waals surface area contributed by atoms with E-state index < -0.39 is 18.1 Å². The predicted octanol–water partition coefficient (Wildman–Crippen LogP) is 3.27. The highest BCUT2D eigenvalue weighted by Gasteiger charge is 2.38. The highest BCUT2D eigenvalue weighted by molar-refractivity contribution is 5.65. The molecule has 2 atom stereocenters. The molecule has 0 aliphatic heterocycles. The summed E-state index contributed by atoms with van der Waals surface area (Å²) in [5.74, 6) is -2.33. The molecule has 0 aromatic carbocycles. The van der Waals surface area contributed by atoms with Gasteiger partial charge < -0.3 is 16.2 Å². The summed E-state index contributed by atoms with van der Waals surface area (Å²) >= 11 is 0. The van der Waals surface area contributed by atoms with Gasteiger partial charge in [0.25, 0.3) is 0 Å². The molecule has 2 aromatic heterocycles. The van der Waals surface area contributed by atoms with Gasteiger partial charge in [-0.2, -0.15) is 5.10 Å². The average Bonchev–Trinajstić information content (AvgIpc) is 3.36. The van der Waals surface area contributed by atoms with E-state index in [4.69, 9.17) is 10.8 Å². The maximum Gasteiger partial charge on any atom is 0.405 e. The highest BCUT2D eigenvalue weighted by Crippen LogP contribution is 2.42. The number of hydrogen-bond acceptors (Lipinski definition) is 4. The Morgan fingerprint density at radius 3 is 2.63 bits per heavy atom. The minimum Gasteiger partial charge on any atom is -0.465 e. The van der Waals surface area contributed by atoms with Crippen LogP contribution < -0.4 is 11.1 Å².